The first-order chi connectivity index (χ1) is 12.6. The highest BCUT2D eigenvalue weighted by Crippen LogP contribution is 2.31. The highest BCUT2D eigenvalue weighted by molar-refractivity contribution is 9.10. The average molecular weight is 420 g/mol. The van der Waals surface area contributed by atoms with Crippen LogP contribution < -0.4 is 19.7 Å². The molecule has 6 heteroatoms. The molecule has 1 aliphatic heterocycles. The van der Waals surface area contributed by atoms with Gasteiger partial charge >= 0.3 is 0 Å². The Morgan fingerprint density at radius 1 is 1.19 bits per heavy atom. The van der Waals surface area contributed by atoms with Crippen molar-refractivity contribution < 1.29 is 19.2 Å². The number of hydrogen-bond acceptors (Lipinski definition) is 3. The molecule has 2 aromatic carbocycles. The molecular formula is C20H24BrN2O3+. The van der Waals surface area contributed by atoms with E-state index in [0.717, 1.165) is 46.6 Å². The fraction of sp³-hybridized carbons (Fsp3) is 0.350. The zero-order chi connectivity index (χ0) is 18.5. The molecule has 1 unspecified atom stereocenters. The van der Waals surface area contributed by atoms with Gasteiger partial charge < -0.3 is 19.7 Å². The second-order valence-corrected chi connectivity index (χ2v) is 7.36. The largest absolute Gasteiger partial charge is 0.497 e. The summed E-state index contributed by atoms with van der Waals surface area (Å²) in [5.74, 6) is 1.63. The van der Waals surface area contributed by atoms with Crippen LogP contribution in [0, 0.1) is 0 Å². The normalized spacial score (nSPS) is 19.2. The van der Waals surface area contributed by atoms with E-state index < -0.39 is 0 Å². The fourth-order valence-corrected chi connectivity index (χ4v) is 3.81. The first-order valence-electron chi connectivity index (χ1n) is 8.72. The van der Waals surface area contributed by atoms with Crippen LogP contribution in [-0.4, -0.2) is 33.2 Å². The van der Waals surface area contributed by atoms with Crippen molar-refractivity contribution in [2.45, 2.75) is 18.9 Å². The molecule has 0 aromatic heterocycles. The number of benzene rings is 2. The van der Waals surface area contributed by atoms with Crippen molar-refractivity contribution in [2.75, 3.05) is 32.6 Å². The molecule has 0 bridgehead atoms. The Hall–Kier alpha value is -2.05. The van der Waals surface area contributed by atoms with E-state index in [0.29, 0.717) is 6.54 Å². The molecule has 2 N–H and O–H groups in total. The van der Waals surface area contributed by atoms with E-state index in [1.54, 1.807) is 14.2 Å². The lowest BCUT2D eigenvalue weighted by atomic mass is 10.0. The number of rotatable bonds is 6. The molecule has 2 aromatic rings. The summed E-state index contributed by atoms with van der Waals surface area (Å²) < 4.78 is 11.8. The molecule has 1 fully saturated rings. The third-order valence-corrected chi connectivity index (χ3v) is 5.34. The number of quaternary nitrogens is 1. The molecule has 26 heavy (non-hydrogen) atoms. The lowest BCUT2D eigenvalue weighted by molar-refractivity contribution is -0.910. The van der Waals surface area contributed by atoms with Gasteiger partial charge in [-0.15, -0.1) is 0 Å². The van der Waals surface area contributed by atoms with Gasteiger partial charge in [0.2, 0.25) is 0 Å². The molecule has 138 valence electrons. The number of hydrogen-bond donors (Lipinski definition) is 2. The Balaban J connectivity index is 1.70. The molecule has 0 aliphatic carbocycles. The number of likely N-dealkylation sites (tertiary alicyclic amines) is 1. The van der Waals surface area contributed by atoms with Crippen molar-refractivity contribution in [1.82, 2.24) is 0 Å². The van der Waals surface area contributed by atoms with Crippen LogP contribution in [0.25, 0.3) is 0 Å². The molecule has 2 atom stereocenters. The van der Waals surface area contributed by atoms with Crippen LogP contribution in [0.3, 0.4) is 0 Å². The van der Waals surface area contributed by atoms with Crippen LogP contribution in [-0.2, 0) is 4.79 Å². The standard InChI is InChI=1S/C20H23BrN2O3/c1-25-16-9-10-17(19(12-16)26-2)18-4-3-11-23(18)13-20(24)22-15-7-5-14(21)6-8-15/h5-10,12,18H,3-4,11,13H2,1-2H3,(H,22,24)/p+1/t18-/m0/s1. The summed E-state index contributed by atoms with van der Waals surface area (Å²) in [7, 11) is 3.32. The lowest BCUT2D eigenvalue weighted by Gasteiger charge is -2.23. The summed E-state index contributed by atoms with van der Waals surface area (Å²) in [6, 6.07) is 13.8. The van der Waals surface area contributed by atoms with E-state index in [-0.39, 0.29) is 11.9 Å². The highest BCUT2D eigenvalue weighted by atomic mass is 79.9. The van der Waals surface area contributed by atoms with Gasteiger partial charge in [-0.1, -0.05) is 15.9 Å². The van der Waals surface area contributed by atoms with Crippen LogP contribution in [0.1, 0.15) is 24.4 Å². The number of anilines is 1. The van der Waals surface area contributed by atoms with Crippen LogP contribution in [0.2, 0.25) is 0 Å². The third-order valence-electron chi connectivity index (χ3n) is 4.82. The van der Waals surface area contributed by atoms with Gasteiger partial charge in [0, 0.05) is 29.1 Å². The lowest BCUT2D eigenvalue weighted by Crippen LogP contribution is -3.11. The van der Waals surface area contributed by atoms with Gasteiger partial charge in [0.25, 0.3) is 5.91 Å². The third kappa shape index (κ3) is 4.37. The minimum absolute atomic E-state index is 0.0294. The SMILES string of the molecule is COc1ccc([C@@H]2CCC[NH+]2CC(=O)Nc2ccc(Br)cc2)c(OC)c1. The van der Waals surface area contributed by atoms with Crippen LogP contribution in [0.4, 0.5) is 5.69 Å². The summed E-state index contributed by atoms with van der Waals surface area (Å²) in [6.45, 7) is 1.42. The molecule has 3 rings (SSSR count). The molecule has 1 heterocycles. The minimum Gasteiger partial charge on any atom is -0.497 e. The van der Waals surface area contributed by atoms with E-state index >= 15 is 0 Å². The number of carbonyl (C=O) groups excluding carboxylic acids is 1. The van der Waals surface area contributed by atoms with E-state index in [1.165, 1.54) is 4.90 Å². The van der Waals surface area contributed by atoms with Gasteiger partial charge in [-0.25, -0.2) is 0 Å². The molecule has 0 spiro atoms. The van der Waals surface area contributed by atoms with E-state index in [2.05, 4.69) is 27.3 Å². The van der Waals surface area contributed by atoms with E-state index in [9.17, 15) is 4.79 Å². The Morgan fingerprint density at radius 3 is 2.65 bits per heavy atom. The number of ether oxygens (including phenoxy) is 2. The monoisotopic (exact) mass is 419 g/mol. The first-order valence-corrected chi connectivity index (χ1v) is 9.52. The molecular weight excluding hydrogens is 396 g/mol. The number of halogens is 1. The second kappa shape index (κ2) is 8.56. The number of methoxy groups -OCH3 is 2. The Kier molecular flexibility index (Phi) is 6.16. The number of carbonyl (C=O) groups is 1. The zero-order valence-corrected chi connectivity index (χ0v) is 16.6. The summed E-state index contributed by atoms with van der Waals surface area (Å²) in [6.07, 6.45) is 2.14. The smallest absolute Gasteiger partial charge is 0.279 e. The van der Waals surface area contributed by atoms with Crippen molar-refractivity contribution in [2.24, 2.45) is 0 Å². The van der Waals surface area contributed by atoms with E-state index in [4.69, 9.17) is 9.47 Å². The average Bonchev–Trinajstić information content (AvgIpc) is 3.10. The maximum atomic E-state index is 12.5. The Bertz CT molecular complexity index is 764. The molecule has 0 saturated carbocycles. The Morgan fingerprint density at radius 2 is 1.96 bits per heavy atom. The topological polar surface area (TPSA) is 52.0 Å². The quantitative estimate of drug-likeness (QED) is 0.756. The van der Waals surface area contributed by atoms with E-state index in [1.807, 2.05) is 36.4 Å². The molecule has 1 saturated heterocycles. The Labute approximate surface area is 162 Å². The summed E-state index contributed by atoms with van der Waals surface area (Å²) in [5, 5.41) is 2.98. The minimum atomic E-state index is 0.0294. The van der Waals surface area contributed by atoms with Crippen LogP contribution >= 0.6 is 15.9 Å². The molecule has 1 amide bonds. The number of nitrogens with one attached hydrogen (secondary N) is 2. The van der Waals surface area contributed by atoms with Gasteiger partial charge in [-0.3, -0.25) is 4.79 Å². The van der Waals surface area contributed by atoms with Crippen molar-refractivity contribution in [1.29, 1.82) is 0 Å². The van der Waals surface area contributed by atoms with Gasteiger partial charge in [0.1, 0.15) is 17.5 Å². The van der Waals surface area contributed by atoms with Gasteiger partial charge in [-0.05, 0) is 36.4 Å². The summed E-state index contributed by atoms with van der Waals surface area (Å²) in [4.78, 5) is 13.8. The van der Waals surface area contributed by atoms with Crippen molar-refractivity contribution in [3.8, 4) is 11.5 Å². The van der Waals surface area contributed by atoms with Gasteiger partial charge in [0.05, 0.1) is 26.3 Å². The predicted molar refractivity (Wildman–Crippen MR) is 105 cm³/mol. The second-order valence-electron chi connectivity index (χ2n) is 6.44. The van der Waals surface area contributed by atoms with Gasteiger partial charge in [0.15, 0.2) is 6.54 Å². The molecule has 0 radical (unpaired) electrons. The van der Waals surface area contributed by atoms with Gasteiger partial charge in [-0.2, -0.15) is 0 Å². The summed E-state index contributed by atoms with van der Waals surface area (Å²) >= 11 is 3.40. The molecule has 5 nitrogen and oxygen atoms in total. The van der Waals surface area contributed by atoms with Crippen molar-refractivity contribution >= 4 is 27.5 Å². The highest BCUT2D eigenvalue weighted by Gasteiger charge is 2.33. The van der Waals surface area contributed by atoms with Crippen LogP contribution in [0.15, 0.2) is 46.9 Å². The van der Waals surface area contributed by atoms with Crippen molar-refractivity contribution in [3.05, 3.63) is 52.5 Å². The number of amides is 1. The van der Waals surface area contributed by atoms with Crippen molar-refractivity contribution in [3.63, 3.8) is 0 Å². The zero-order valence-electron chi connectivity index (χ0n) is 15.0. The maximum Gasteiger partial charge on any atom is 0.279 e. The molecule has 1 aliphatic rings. The maximum absolute atomic E-state index is 12.5. The van der Waals surface area contributed by atoms with Crippen LogP contribution in [0.5, 0.6) is 11.5 Å². The predicted octanol–water partition coefficient (Wildman–Crippen LogP) is 2.82. The fourth-order valence-electron chi connectivity index (χ4n) is 3.55. The summed E-state index contributed by atoms with van der Waals surface area (Å²) in [5.41, 5.74) is 1.95. The first kappa shape index (κ1) is 18.7.